The number of anilines is 2. The topological polar surface area (TPSA) is 85.3 Å². The maximum Gasteiger partial charge on any atom is 0.276 e. The summed E-state index contributed by atoms with van der Waals surface area (Å²) in [6, 6.07) is 2.75. The summed E-state index contributed by atoms with van der Waals surface area (Å²) in [7, 11) is 1.89. The number of aromatic nitrogens is 1. The predicted octanol–water partition coefficient (Wildman–Crippen LogP) is 1.81. The van der Waals surface area contributed by atoms with Crippen molar-refractivity contribution in [3.8, 4) is 0 Å². The highest BCUT2D eigenvalue weighted by molar-refractivity contribution is 5.53. The zero-order chi connectivity index (χ0) is 12.4. The molecule has 1 heterocycles. The van der Waals surface area contributed by atoms with E-state index >= 15 is 0 Å². The Bertz CT molecular complexity index is 431. The summed E-state index contributed by atoms with van der Waals surface area (Å²) in [5.74, 6) is 1.44. The van der Waals surface area contributed by atoms with Gasteiger partial charge in [-0.1, -0.05) is 6.42 Å². The van der Waals surface area contributed by atoms with E-state index in [1.165, 1.54) is 31.4 Å². The Kier molecular flexibility index (Phi) is 3.12. The lowest BCUT2D eigenvalue weighted by Crippen LogP contribution is -2.30. The third-order valence-corrected chi connectivity index (χ3v) is 3.18. The Morgan fingerprint density at radius 1 is 1.59 bits per heavy atom. The number of hydrogen-bond donors (Lipinski definition) is 1. The second-order valence-electron chi connectivity index (χ2n) is 4.54. The third-order valence-electron chi connectivity index (χ3n) is 3.18. The average molecular weight is 236 g/mol. The number of rotatable bonds is 4. The van der Waals surface area contributed by atoms with Crippen LogP contribution in [0, 0.1) is 16.0 Å². The summed E-state index contributed by atoms with van der Waals surface area (Å²) in [6.45, 7) is 0.883. The molecule has 1 aromatic rings. The molecule has 17 heavy (non-hydrogen) atoms. The zero-order valence-electron chi connectivity index (χ0n) is 9.80. The van der Waals surface area contributed by atoms with E-state index in [4.69, 9.17) is 5.73 Å². The molecular formula is C11H16N4O2. The summed E-state index contributed by atoms with van der Waals surface area (Å²) < 4.78 is 0. The van der Waals surface area contributed by atoms with Crippen molar-refractivity contribution in [1.82, 2.24) is 4.98 Å². The van der Waals surface area contributed by atoms with Crippen LogP contribution in [0.4, 0.5) is 17.3 Å². The van der Waals surface area contributed by atoms with Crippen LogP contribution in [0.2, 0.25) is 0 Å². The van der Waals surface area contributed by atoms with Crippen molar-refractivity contribution in [2.24, 2.45) is 5.92 Å². The molecular weight excluding hydrogens is 220 g/mol. The van der Waals surface area contributed by atoms with E-state index in [1.54, 1.807) is 0 Å². The highest BCUT2D eigenvalue weighted by Gasteiger charge is 2.21. The van der Waals surface area contributed by atoms with Crippen LogP contribution in [0.25, 0.3) is 0 Å². The lowest BCUT2D eigenvalue weighted by Gasteiger charge is -2.30. The Morgan fingerprint density at radius 2 is 2.29 bits per heavy atom. The molecule has 0 saturated heterocycles. The van der Waals surface area contributed by atoms with Crippen molar-refractivity contribution in [1.29, 1.82) is 0 Å². The van der Waals surface area contributed by atoms with Crippen molar-refractivity contribution in [3.05, 3.63) is 22.2 Å². The summed E-state index contributed by atoms with van der Waals surface area (Å²) in [6.07, 6.45) is 3.74. The monoisotopic (exact) mass is 236 g/mol. The highest BCUT2D eigenvalue weighted by Crippen LogP contribution is 2.29. The SMILES string of the molecule is CN(CC1CCC1)c1cc([N+](=O)[O-])cc(N)n1. The molecule has 0 radical (unpaired) electrons. The fourth-order valence-corrected chi connectivity index (χ4v) is 1.98. The summed E-state index contributed by atoms with van der Waals surface area (Å²) in [5, 5.41) is 10.7. The molecule has 2 rings (SSSR count). The molecule has 6 nitrogen and oxygen atoms in total. The summed E-state index contributed by atoms with van der Waals surface area (Å²) >= 11 is 0. The van der Waals surface area contributed by atoms with E-state index in [9.17, 15) is 10.1 Å². The molecule has 1 fully saturated rings. The first-order valence-electron chi connectivity index (χ1n) is 5.69. The Balaban J connectivity index is 2.15. The van der Waals surface area contributed by atoms with Crippen LogP contribution in [-0.4, -0.2) is 23.5 Å². The molecule has 1 aromatic heterocycles. The van der Waals surface area contributed by atoms with Crippen LogP contribution in [0.3, 0.4) is 0 Å². The van der Waals surface area contributed by atoms with Crippen LogP contribution in [0.5, 0.6) is 0 Å². The molecule has 92 valence electrons. The van der Waals surface area contributed by atoms with E-state index in [0.717, 1.165) is 6.54 Å². The quantitative estimate of drug-likeness (QED) is 0.636. The molecule has 1 aliphatic rings. The third kappa shape index (κ3) is 2.64. The van der Waals surface area contributed by atoms with Crippen LogP contribution in [-0.2, 0) is 0 Å². The van der Waals surface area contributed by atoms with E-state index in [0.29, 0.717) is 11.7 Å². The number of nitrogen functional groups attached to an aromatic ring is 1. The lowest BCUT2D eigenvalue weighted by atomic mass is 9.85. The van der Waals surface area contributed by atoms with Crippen molar-refractivity contribution < 1.29 is 4.92 Å². The fourth-order valence-electron chi connectivity index (χ4n) is 1.98. The minimum absolute atomic E-state index is 0.00652. The van der Waals surface area contributed by atoms with Crippen molar-refractivity contribution in [2.75, 3.05) is 24.2 Å². The molecule has 2 N–H and O–H groups in total. The smallest absolute Gasteiger partial charge is 0.276 e. The van der Waals surface area contributed by atoms with Gasteiger partial charge in [0, 0.05) is 13.6 Å². The van der Waals surface area contributed by atoms with Gasteiger partial charge in [0.25, 0.3) is 5.69 Å². The first-order chi connectivity index (χ1) is 8.06. The standard InChI is InChI=1S/C11H16N4O2/c1-14(7-8-3-2-4-8)11-6-9(15(16)17)5-10(12)13-11/h5-6,8H,2-4,7H2,1H3,(H2,12,13). The molecule has 0 aliphatic heterocycles. The van der Waals surface area contributed by atoms with Gasteiger partial charge >= 0.3 is 0 Å². The molecule has 0 bridgehead atoms. The summed E-state index contributed by atoms with van der Waals surface area (Å²) in [4.78, 5) is 16.3. The van der Waals surface area contributed by atoms with Gasteiger partial charge in [-0.05, 0) is 18.8 Å². The normalized spacial score (nSPS) is 15.4. The van der Waals surface area contributed by atoms with E-state index in [2.05, 4.69) is 4.98 Å². The Hall–Kier alpha value is -1.85. The van der Waals surface area contributed by atoms with Crippen LogP contribution < -0.4 is 10.6 Å². The van der Waals surface area contributed by atoms with Gasteiger partial charge in [0.2, 0.25) is 0 Å². The molecule has 1 aliphatic carbocycles. The van der Waals surface area contributed by atoms with Crippen LogP contribution in [0.15, 0.2) is 12.1 Å². The van der Waals surface area contributed by atoms with Crippen LogP contribution >= 0.6 is 0 Å². The minimum Gasteiger partial charge on any atom is -0.383 e. The first-order valence-corrected chi connectivity index (χ1v) is 5.69. The van der Waals surface area contributed by atoms with Crippen LogP contribution in [0.1, 0.15) is 19.3 Å². The second-order valence-corrected chi connectivity index (χ2v) is 4.54. The van der Waals surface area contributed by atoms with Gasteiger partial charge in [-0.2, -0.15) is 0 Å². The average Bonchev–Trinajstić information content (AvgIpc) is 2.22. The molecule has 0 amide bonds. The van der Waals surface area contributed by atoms with E-state index in [-0.39, 0.29) is 11.5 Å². The van der Waals surface area contributed by atoms with Gasteiger partial charge in [-0.15, -0.1) is 0 Å². The van der Waals surface area contributed by atoms with Gasteiger partial charge < -0.3 is 10.6 Å². The molecule has 1 saturated carbocycles. The van der Waals surface area contributed by atoms with Gasteiger partial charge in [0.15, 0.2) is 0 Å². The van der Waals surface area contributed by atoms with Crippen molar-refractivity contribution in [2.45, 2.75) is 19.3 Å². The van der Waals surface area contributed by atoms with Gasteiger partial charge in [0.1, 0.15) is 11.6 Å². The van der Waals surface area contributed by atoms with Gasteiger partial charge in [-0.25, -0.2) is 4.98 Å². The number of hydrogen-bond acceptors (Lipinski definition) is 5. The minimum atomic E-state index is -0.446. The largest absolute Gasteiger partial charge is 0.383 e. The number of pyridine rings is 1. The molecule has 0 atom stereocenters. The first kappa shape index (κ1) is 11.6. The van der Waals surface area contributed by atoms with E-state index < -0.39 is 4.92 Å². The molecule has 0 unspecified atom stereocenters. The Morgan fingerprint density at radius 3 is 2.82 bits per heavy atom. The maximum absolute atomic E-state index is 10.7. The fraction of sp³-hybridized carbons (Fsp3) is 0.545. The zero-order valence-corrected chi connectivity index (χ0v) is 9.80. The molecule has 0 aromatic carbocycles. The molecule has 0 spiro atoms. The van der Waals surface area contributed by atoms with E-state index in [1.807, 2.05) is 11.9 Å². The molecule has 6 heteroatoms. The number of nitro groups is 1. The van der Waals surface area contributed by atoms with Crippen molar-refractivity contribution >= 4 is 17.3 Å². The maximum atomic E-state index is 10.7. The van der Waals surface area contributed by atoms with Crippen molar-refractivity contribution in [3.63, 3.8) is 0 Å². The highest BCUT2D eigenvalue weighted by atomic mass is 16.6. The number of nitrogens with zero attached hydrogens (tertiary/aromatic N) is 3. The predicted molar refractivity (Wildman–Crippen MR) is 65.9 cm³/mol. The number of nitrogens with two attached hydrogens (primary N) is 1. The Labute approximate surface area is 99.6 Å². The lowest BCUT2D eigenvalue weighted by molar-refractivity contribution is -0.384. The van der Waals surface area contributed by atoms with Gasteiger partial charge in [-0.3, -0.25) is 10.1 Å². The summed E-state index contributed by atoms with van der Waals surface area (Å²) in [5.41, 5.74) is 5.56. The second kappa shape index (κ2) is 4.57. The van der Waals surface area contributed by atoms with Gasteiger partial charge in [0.05, 0.1) is 17.1 Å².